The summed E-state index contributed by atoms with van der Waals surface area (Å²) < 4.78 is 28.8. The number of carbonyl (C=O) groups excluding carboxylic acids is 1. The van der Waals surface area contributed by atoms with Crippen LogP contribution in [0.2, 0.25) is 0 Å². The summed E-state index contributed by atoms with van der Waals surface area (Å²) in [5.74, 6) is -0.537. The van der Waals surface area contributed by atoms with Crippen molar-refractivity contribution in [2.45, 2.75) is 25.2 Å². The van der Waals surface area contributed by atoms with Crippen molar-refractivity contribution in [3.63, 3.8) is 0 Å². The molecule has 4 nitrogen and oxygen atoms in total. The van der Waals surface area contributed by atoms with Crippen molar-refractivity contribution < 1.29 is 23.4 Å². The highest BCUT2D eigenvalue weighted by Crippen LogP contribution is 2.31. The van der Waals surface area contributed by atoms with Crippen LogP contribution in [-0.4, -0.2) is 23.7 Å². The molecular formula is C17H15F2NO3. The van der Waals surface area contributed by atoms with Gasteiger partial charge in [-0.2, -0.15) is 8.78 Å². The van der Waals surface area contributed by atoms with Crippen LogP contribution >= 0.6 is 0 Å². The van der Waals surface area contributed by atoms with Crippen LogP contribution in [0.1, 0.15) is 27.5 Å². The van der Waals surface area contributed by atoms with Gasteiger partial charge in [0, 0.05) is 12.0 Å². The molecule has 0 radical (unpaired) electrons. The molecule has 0 saturated carbocycles. The van der Waals surface area contributed by atoms with E-state index >= 15 is 0 Å². The van der Waals surface area contributed by atoms with Crippen molar-refractivity contribution in [2.24, 2.45) is 0 Å². The first-order valence-corrected chi connectivity index (χ1v) is 7.16. The third-order valence-electron chi connectivity index (χ3n) is 3.81. The number of alkyl halides is 2. The topological polar surface area (TPSA) is 58.6 Å². The Morgan fingerprint density at radius 3 is 2.78 bits per heavy atom. The SMILES string of the molecule is O=C(NC1c2ccccc2CC1O)c1cccc(OC(F)F)c1. The van der Waals surface area contributed by atoms with Gasteiger partial charge in [0.25, 0.3) is 5.91 Å². The lowest BCUT2D eigenvalue weighted by Gasteiger charge is -2.18. The summed E-state index contributed by atoms with van der Waals surface area (Å²) in [6, 6.07) is 12.5. The number of hydrogen-bond donors (Lipinski definition) is 2. The number of fused-ring (bicyclic) bond motifs is 1. The fourth-order valence-electron chi connectivity index (χ4n) is 2.79. The van der Waals surface area contributed by atoms with Crippen molar-refractivity contribution in [1.29, 1.82) is 0 Å². The Morgan fingerprint density at radius 2 is 2.00 bits per heavy atom. The van der Waals surface area contributed by atoms with E-state index in [1.165, 1.54) is 24.3 Å². The zero-order chi connectivity index (χ0) is 16.4. The number of nitrogens with one attached hydrogen (secondary N) is 1. The molecule has 120 valence electrons. The zero-order valence-electron chi connectivity index (χ0n) is 12.1. The first-order chi connectivity index (χ1) is 11.0. The Balaban J connectivity index is 1.77. The predicted octanol–water partition coefficient (Wildman–Crippen LogP) is 2.68. The summed E-state index contributed by atoms with van der Waals surface area (Å²) >= 11 is 0. The van der Waals surface area contributed by atoms with Gasteiger partial charge in [0.2, 0.25) is 0 Å². The minimum Gasteiger partial charge on any atom is -0.435 e. The standard InChI is InChI=1S/C17H15F2NO3/c18-17(19)23-12-6-3-5-11(8-12)16(22)20-15-13-7-2-1-4-10(13)9-14(15)21/h1-8,14-15,17,21H,9H2,(H,20,22). The molecule has 6 heteroatoms. The Labute approximate surface area is 131 Å². The Morgan fingerprint density at radius 1 is 1.22 bits per heavy atom. The van der Waals surface area contributed by atoms with Crippen LogP contribution in [0.25, 0.3) is 0 Å². The third-order valence-corrected chi connectivity index (χ3v) is 3.81. The number of benzene rings is 2. The maximum Gasteiger partial charge on any atom is 0.387 e. The van der Waals surface area contributed by atoms with Crippen LogP contribution in [0.5, 0.6) is 5.75 Å². The van der Waals surface area contributed by atoms with Gasteiger partial charge < -0.3 is 15.2 Å². The molecule has 0 fully saturated rings. The molecule has 1 aliphatic carbocycles. The zero-order valence-corrected chi connectivity index (χ0v) is 12.1. The second kappa shape index (κ2) is 6.34. The number of ether oxygens (including phenoxy) is 1. The maximum atomic E-state index is 12.3. The summed E-state index contributed by atoms with van der Waals surface area (Å²) in [5, 5.41) is 12.9. The molecule has 0 heterocycles. The molecule has 0 aliphatic heterocycles. The van der Waals surface area contributed by atoms with E-state index in [0.717, 1.165) is 11.1 Å². The van der Waals surface area contributed by atoms with Crippen molar-refractivity contribution >= 4 is 5.91 Å². The predicted molar refractivity (Wildman–Crippen MR) is 79.4 cm³/mol. The molecule has 2 aromatic carbocycles. The number of carbonyl (C=O) groups is 1. The number of rotatable bonds is 4. The lowest BCUT2D eigenvalue weighted by Crippen LogP contribution is -2.33. The van der Waals surface area contributed by atoms with Crippen LogP contribution in [0.4, 0.5) is 8.78 Å². The highest BCUT2D eigenvalue weighted by atomic mass is 19.3. The van der Waals surface area contributed by atoms with Gasteiger partial charge in [-0.15, -0.1) is 0 Å². The first-order valence-electron chi connectivity index (χ1n) is 7.16. The van der Waals surface area contributed by atoms with E-state index in [-0.39, 0.29) is 11.3 Å². The monoisotopic (exact) mass is 319 g/mol. The van der Waals surface area contributed by atoms with Crippen molar-refractivity contribution in [3.8, 4) is 5.75 Å². The minimum atomic E-state index is -2.95. The summed E-state index contributed by atoms with van der Waals surface area (Å²) in [6.45, 7) is -2.95. The lowest BCUT2D eigenvalue weighted by molar-refractivity contribution is -0.0498. The average molecular weight is 319 g/mol. The molecule has 1 aliphatic rings. The van der Waals surface area contributed by atoms with E-state index in [1.807, 2.05) is 24.3 Å². The second-order valence-electron chi connectivity index (χ2n) is 5.33. The Kier molecular flexibility index (Phi) is 4.25. The smallest absolute Gasteiger partial charge is 0.387 e. The molecule has 23 heavy (non-hydrogen) atoms. The molecule has 0 saturated heterocycles. The van der Waals surface area contributed by atoms with Crippen molar-refractivity contribution in [2.75, 3.05) is 0 Å². The van der Waals surface area contributed by atoms with Gasteiger partial charge in [-0.3, -0.25) is 4.79 Å². The molecule has 2 atom stereocenters. The normalized spacial score (nSPS) is 19.5. The van der Waals surface area contributed by atoms with Gasteiger partial charge >= 0.3 is 6.61 Å². The third kappa shape index (κ3) is 3.32. The van der Waals surface area contributed by atoms with Crippen molar-refractivity contribution in [3.05, 3.63) is 65.2 Å². The molecular weight excluding hydrogens is 304 g/mol. The van der Waals surface area contributed by atoms with Crippen LogP contribution in [-0.2, 0) is 6.42 Å². The summed E-state index contributed by atoms with van der Waals surface area (Å²) in [4.78, 5) is 12.3. The molecule has 2 N–H and O–H groups in total. The maximum absolute atomic E-state index is 12.3. The Bertz CT molecular complexity index is 720. The van der Waals surface area contributed by atoms with Crippen LogP contribution in [0.15, 0.2) is 48.5 Å². The van der Waals surface area contributed by atoms with Gasteiger partial charge in [-0.25, -0.2) is 0 Å². The molecule has 0 bridgehead atoms. The Hall–Kier alpha value is -2.47. The van der Waals surface area contributed by atoms with E-state index in [1.54, 1.807) is 0 Å². The molecule has 3 rings (SSSR count). The molecule has 0 aromatic heterocycles. The van der Waals surface area contributed by atoms with E-state index in [2.05, 4.69) is 10.1 Å². The average Bonchev–Trinajstić information content (AvgIpc) is 2.83. The highest BCUT2D eigenvalue weighted by Gasteiger charge is 2.32. The van der Waals surface area contributed by atoms with Gasteiger partial charge in [0.05, 0.1) is 12.1 Å². The number of aliphatic hydroxyl groups excluding tert-OH is 1. The molecule has 2 aromatic rings. The van der Waals surface area contributed by atoms with E-state index < -0.39 is 24.7 Å². The van der Waals surface area contributed by atoms with Crippen molar-refractivity contribution in [1.82, 2.24) is 5.32 Å². The van der Waals surface area contributed by atoms with E-state index in [9.17, 15) is 18.7 Å². The molecule has 2 unspecified atom stereocenters. The van der Waals surface area contributed by atoms with E-state index in [0.29, 0.717) is 6.42 Å². The lowest BCUT2D eigenvalue weighted by atomic mass is 10.1. The van der Waals surface area contributed by atoms with Gasteiger partial charge in [-0.05, 0) is 29.3 Å². The minimum absolute atomic E-state index is 0.0833. The summed E-state index contributed by atoms with van der Waals surface area (Å²) in [5.41, 5.74) is 2.05. The fourth-order valence-corrected chi connectivity index (χ4v) is 2.79. The van der Waals surface area contributed by atoms with Gasteiger partial charge in [0.1, 0.15) is 5.75 Å². The van der Waals surface area contributed by atoms with Crippen LogP contribution < -0.4 is 10.1 Å². The van der Waals surface area contributed by atoms with E-state index in [4.69, 9.17) is 0 Å². The largest absolute Gasteiger partial charge is 0.435 e. The molecule has 1 amide bonds. The number of aliphatic hydroxyl groups is 1. The number of halogens is 2. The number of amides is 1. The van der Waals surface area contributed by atoms with Gasteiger partial charge in [-0.1, -0.05) is 30.3 Å². The number of hydrogen-bond acceptors (Lipinski definition) is 3. The quantitative estimate of drug-likeness (QED) is 0.911. The first kappa shape index (κ1) is 15.4. The van der Waals surface area contributed by atoms with Gasteiger partial charge in [0.15, 0.2) is 0 Å². The fraction of sp³-hybridized carbons (Fsp3) is 0.235. The van der Waals surface area contributed by atoms with Crippen LogP contribution in [0.3, 0.4) is 0 Å². The van der Waals surface area contributed by atoms with Crippen LogP contribution in [0, 0.1) is 0 Å². The highest BCUT2D eigenvalue weighted by molar-refractivity contribution is 5.95. The summed E-state index contributed by atoms with van der Waals surface area (Å²) in [6.07, 6.45) is -0.243. The molecule has 0 spiro atoms. The summed E-state index contributed by atoms with van der Waals surface area (Å²) in [7, 11) is 0. The second-order valence-corrected chi connectivity index (χ2v) is 5.33.